The first-order valence-electron chi connectivity index (χ1n) is 6.09. The van der Waals surface area contributed by atoms with Crippen LogP contribution < -0.4 is 5.32 Å². The molecule has 0 fully saturated rings. The summed E-state index contributed by atoms with van der Waals surface area (Å²) in [6.07, 6.45) is 0. The minimum atomic E-state index is -0.383. The Kier molecular flexibility index (Phi) is 5.16. The zero-order chi connectivity index (χ0) is 14.5. The zero-order valence-corrected chi connectivity index (χ0v) is 12.8. The molecule has 1 unspecified atom stereocenters. The molecule has 2 aromatic rings. The summed E-state index contributed by atoms with van der Waals surface area (Å²) in [5.74, 6) is 0.156. The maximum Gasteiger partial charge on any atom is 0.173 e. The molecule has 108 valence electrons. The predicted molar refractivity (Wildman–Crippen MR) is 75.1 cm³/mol. The van der Waals surface area contributed by atoms with Gasteiger partial charge in [-0.3, -0.25) is 0 Å². The number of hydrogen-bond donors (Lipinski definition) is 1. The van der Waals surface area contributed by atoms with E-state index in [1.165, 1.54) is 10.7 Å². The Bertz CT molecular complexity index is 577. The van der Waals surface area contributed by atoms with Crippen LogP contribution in [0.2, 0.25) is 0 Å². The maximum atomic E-state index is 13.9. The largest absolute Gasteiger partial charge is 0.383 e. The standard InChI is InChI=1S/C12H15BrFN5O/c1-8(15-5-6-20-2)12-16-17-18-19(12)11-7-9(13)3-4-10(11)14/h3-4,7-8,15H,5-6H2,1-2H3. The van der Waals surface area contributed by atoms with E-state index >= 15 is 0 Å². The molecule has 1 heterocycles. The average Bonchev–Trinajstić information content (AvgIpc) is 2.91. The fraction of sp³-hybridized carbons (Fsp3) is 0.417. The highest BCUT2D eigenvalue weighted by atomic mass is 79.9. The molecule has 1 aromatic carbocycles. The van der Waals surface area contributed by atoms with Crippen LogP contribution in [-0.4, -0.2) is 40.5 Å². The Balaban J connectivity index is 2.26. The van der Waals surface area contributed by atoms with Crippen LogP contribution in [-0.2, 0) is 4.74 Å². The maximum absolute atomic E-state index is 13.9. The molecule has 1 aromatic heterocycles. The molecule has 0 radical (unpaired) electrons. The van der Waals surface area contributed by atoms with Gasteiger partial charge in [-0.2, -0.15) is 4.68 Å². The van der Waals surface area contributed by atoms with Crippen molar-refractivity contribution in [3.05, 3.63) is 34.3 Å². The molecule has 20 heavy (non-hydrogen) atoms. The van der Waals surface area contributed by atoms with E-state index in [0.717, 1.165) is 4.47 Å². The minimum absolute atomic E-state index is 0.126. The van der Waals surface area contributed by atoms with Crippen molar-refractivity contribution in [2.75, 3.05) is 20.3 Å². The van der Waals surface area contributed by atoms with Crippen molar-refractivity contribution in [3.8, 4) is 5.69 Å². The number of benzene rings is 1. The van der Waals surface area contributed by atoms with Gasteiger partial charge in [0.1, 0.15) is 11.5 Å². The Hall–Kier alpha value is -1.38. The van der Waals surface area contributed by atoms with Gasteiger partial charge in [-0.05, 0) is 35.5 Å². The van der Waals surface area contributed by atoms with Gasteiger partial charge in [-0.25, -0.2) is 4.39 Å². The van der Waals surface area contributed by atoms with Gasteiger partial charge in [0.15, 0.2) is 5.82 Å². The minimum Gasteiger partial charge on any atom is -0.383 e. The van der Waals surface area contributed by atoms with Crippen LogP contribution >= 0.6 is 15.9 Å². The summed E-state index contributed by atoms with van der Waals surface area (Å²) in [6, 6.07) is 4.51. The Morgan fingerprint density at radius 2 is 2.30 bits per heavy atom. The highest BCUT2D eigenvalue weighted by Gasteiger charge is 2.17. The van der Waals surface area contributed by atoms with Gasteiger partial charge in [0, 0.05) is 18.1 Å². The van der Waals surface area contributed by atoms with Crippen LogP contribution in [0.15, 0.2) is 22.7 Å². The fourth-order valence-corrected chi connectivity index (χ4v) is 2.10. The second-order valence-corrected chi connectivity index (χ2v) is 5.13. The fourth-order valence-electron chi connectivity index (χ4n) is 1.75. The Morgan fingerprint density at radius 3 is 3.05 bits per heavy atom. The van der Waals surface area contributed by atoms with E-state index in [1.807, 2.05) is 6.92 Å². The lowest BCUT2D eigenvalue weighted by atomic mass is 10.2. The van der Waals surface area contributed by atoms with Crippen LogP contribution in [0.1, 0.15) is 18.8 Å². The quantitative estimate of drug-likeness (QED) is 0.811. The number of halogens is 2. The third kappa shape index (κ3) is 3.38. The number of methoxy groups -OCH3 is 1. The molecule has 0 aliphatic rings. The van der Waals surface area contributed by atoms with Gasteiger partial charge < -0.3 is 10.1 Å². The normalized spacial score (nSPS) is 12.6. The van der Waals surface area contributed by atoms with E-state index in [1.54, 1.807) is 19.2 Å². The number of ether oxygens (including phenoxy) is 1. The van der Waals surface area contributed by atoms with Crippen molar-refractivity contribution < 1.29 is 9.13 Å². The topological polar surface area (TPSA) is 64.9 Å². The van der Waals surface area contributed by atoms with Crippen molar-refractivity contribution in [1.29, 1.82) is 0 Å². The number of tetrazole rings is 1. The molecule has 0 saturated heterocycles. The smallest absolute Gasteiger partial charge is 0.173 e. The first-order valence-corrected chi connectivity index (χ1v) is 6.88. The summed E-state index contributed by atoms with van der Waals surface area (Å²) in [6.45, 7) is 3.15. The number of rotatable bonds is 6. The van der Waals surface area contributed by atoms with Crippen LogP contribution in [0, 0.1) is 5.82 Å². The first kappa shape index (κ1) is 15.0. The van der Waals surface area contributed by atoms with Crippen molar-refractivity contribution in [2.24, 2.45) is 0 Å². The van der Waals surface area contributed by atoms with Gasteiger partial charge in [0.2, 0.25) is 0 Å². The summed E-state index contributed by atoms with van der Waals surface area (Å²) >= 11 is 3.31. The molecule has 0 bridgehead atoms. The molecule has 0 saturated carbocycles. The third-order valence-corrected chi connectivity index (χ3v) is 3.27. The third-order valence-electron chi connectivity index (χ3n) is 2.77. The molecule has 0 aliphatic carbocycles. The first-order chi connectivity index (χ1) is 9.63. The molecule has 6 nitrogen and oxygen atoms in total. The molecule has 0 aliphatic heterocycles. The van der Waals surface area contributed by atoms with Gasteiger partial charge in [-0.15, -0.1) is 5.10 Å². The van der Waals surface area contributed by atoms with Crippen molar-refractivity contribution in [1.82, 2.24) is 25.5 Å². The van der Waals surface area contributed by atoms with E-state index in [-0.39, 0.29) is 11.9 Å². The van der Waals surface area contributed by atoms with Crippen molar-refractivity contribution >= 4 is 15.9 Å². The van der Waals surface area contributed by atoms with E-state index < -0.39 is 0 Å². The Morgan fingerprint density at radius 1 is 1.50 bits per heavy atom. The van der Waals surface area contributed by atoms with E-state index in [2.05, 4.69) is 36.8 Å². The molecule has 2 rings (SSSR count). The van der Waals surface area contributed by atoms with Gasteiger partial charge >= 0.3 is 0 Å². The van der Waals surface area contributed by atoms with Crippen molar-refractivity contribution in [3.63, 3.8) is 0 Å². The van der Waals surface area contributed by atoms with Crippen molar-refractivity contribution in [2.45, 2.75) is 13.0 Å². The van der Waals surface area contributed by atoms with Gasteiger partial charge in [0.25, 0.3) is 0 Å². The predicted octanol–water partition coefficient (Wildman–Crippen LogP) is 1.86. The number of nitrogens with zero attached hydrogens (tertiary/aromatic N) is 4. The average molecular weight is 344 g/mol. The monoisotopic (exact) mass is 343 g/mol. The summed E-state index contributed by atoms with van der Waals surface area (Å²) < 4.78 is 21.0. The lowest BCUT2D eigenvalue weighted by Gasteiger charge is -2.13. The van der Waals surface area contributed by atoms with Crippen LogP contribution in [0.3, 0.4) is 0 Å². The molecule has 0 spiro atoms. The van der Waals surface area contributed by atoms with E-state index in [9.17, 15) is 4.39 Å². The van der Waals surface area contributed by atoms with E-state index in [4.69, 9.17) is 4.74 Å². The van der Waals surface area contributed by atoms with Crippen LogP contribution in [0.4, 0.5) is 4.39 Å². The molecular formula is C12H15BrFN5O. The van der Waals surface area contributed by atoms with Crippen LogP contribution in [0.25, 0.3) is 5.69 Å². The molecule has 1 atom stereocenters. The molecule has 8 heteroatoms. The lowest BCUT2D eigenvalue weighted by Crippen LogP contribution is -2.25. The summed E-state index contributed by atoms with van der Waals surface area (Å²) in [5, 5.41) is 14.7. The van der Waals surface area contributed by atoms with Gasteiger partial charge in [-0.1, -0.05) is 15.9 Å². The highest BCUT2D eigenvalue weighted by molar-refractivity contribution is 9.10. The summed E-state index contributed by atoms with van der Waals surface area (Å²) in [4.78, 5) is 0. The Labute approximate surface area is 124 Å². The summed E-state index contributed by atoms with van der Waals surface area (Å²) in [5.41, 5.74) is 0.305. The SMILES string of the molecule is COCCNC(C)c1nnnn1-c1cc(Br)ccc1F. The second-order valence-electron chi connectivity index (χ2n) is 4.21. The zero-order valence-electron chi connectivity index (χ0n) is 11.2. The lowest BCUT2D eigenvalue weighted by molar-refractivity contribution is 0.196. The number of nitrogens with one attached hydrogen (secondary N) is 1. The van der Waals surface area contributed by atoms with Crippen LogP contribution in [0.5, 0.6) is 0 Å². The molecule has 1 N–H and O–H groups in total. The number of aromatic nitrogens is 4. The molecular weight excluding hydrogens is 329 g/mol. The van der Waals surface area contributed by atoms with Gasteiger partial charge in [0.05, 0.1) is 12.6 Å². The second kappa shape index (κ2) is 6.87. The van der Waals surface area contributed by atoms with E-state index in [0.29, 0.717) is 24.7 Å². The summed E-state index contributed by atoms with van der Waals surface area (Å²) in [7, 11) is 1.63. The highest BCUT2D eigenvalue weighted by Crippen LogP contribution is 2.21. The number of hydrogen-bond acceptors (Lipinski definition) is 5. The molecule has 0 amide bonds.